The molecule has 2 nitrogen and oxygen atoms in total. The lowest BCUT2D eigenvalue weighted by Crippen LogP contribution is -2.22. The van der Waals surface area contributed by atoms with Crippen LogP contribution < -0.4 is 4.90 Å². The van der Waals surface area contributed by atoms with E-state index < -0.39 is 0 Å². The Kier molecular flexibility index (Phi) is 3.87. The quantitative estimate of drug-likeness (QED) is 0.791. The molecule has 1 aliphatic heterocycles. The smallest absolute Gasteiger partial charge is 0.0762 e. The topological polar surface area (TPSA) is 12.5 Å². The van der Waals surface area contributed by atoms with E-state index in [2.05, 4.69) is 46.0 Å². The summed E-state index contributed by atoms with van der Waals surface area (Å²) in [7, 11) is 1.80. The van der Waals surface area contributed by atoms with Crippen LogP contribution in [-0.4, -0.2) is 26.3 Å². The minimum atomic E-state index is 0.399. The molecule has 0 bridgehead atoms. The highest BCUT2D eigenvalue weighted by atomic mass is 79.9. The second-order valence-corrected chi connectivity index (χ2v) is 4.90. The number of ether oxygens (including phenoxy) is 1. The van der Waals surface area contributed by atoms with Crippen LogP contribution >= 0.6 is 15.9 Å². The fourth-order valence-electron chi connectivity index (χ4n) is 2.18. The molecule has 0 aliphatic carbocycles. The summed E-state index contributed by atoms with van der Waals surface area (Å²) in [6.45, 7) is 4.29. The fraction of sp³-hybridized carbons (Fsp3) is 0.538. The van der Waals surface area contributed by atoms with Gasteiger partial charge in [0.1, 0.15) is 0 Å². The van der Waals surface area contributed by atoms with Crippen molar-refractivity contribution in [1.82, 2.24) is 0 Å². The van der Waals surface area contributed by atoms with Crippen molar-refractivity contribution in [2.75, 3.05) is 25.1 Å². The van der Waals surface area contributed by atoms with E-state index in [1.165, 1.54) is 16.8 Å². The Morgan fingerprint density at radius 3 is 2.88 bits per heavy atom. The second kappa shape index (κ2) is 5.19. The zero-order valence-corrected chi connectivity index (χ0v) is 11.5. The number of hydrogen-bond donors (Lipinski definition) is 0. The summed E-state index contributed by atoms with van der Waals surface area (Å²) >= 11 is 3.50. The summed E-state index contributed by atoms with van der Waals surface area (Å²) in [6, 6.07) is 6.69. The second-order valence-electron chi connectivity index (χ2n) is 4.34. The fourth-order valence-corrected chi connectivity index (χ4v) is 2.81. The summed E-state index contributed by atoms with van der Waals surface area (Å²) in [6.07, 6.45) is 1.53. The van der Waals surface area contributed by atoms with E-state index in [9.17, 15) is 0 Å². The number of methoxy groups -OCH3 is 1. The summed E-state index contributed by atoms with van der Waals surface area (Å²) in [5.74, 6) is 0. The highest BCUT2D eigenvalue weighted by Crippen LogP contribution is 2.24. The molecule has 1 heterocycles. The molecule has 3 heteroatoms. The lowest BCUT2D eigenvalue weighted by Gasteiger charge is -2.19. The van der Waals surface area contributed by atoms with Crippen molar-refractivity contribution in [2.24, 2.45) is 0 Å². The number of halogens is 1. The first-order chi connectivity index (χ1) is 7.74. The molecule has 2 rings (SSSR count). The maximum atomic E-state index is 5.39. The summed E-state index contributed by atoms with van der Waals surface area (Å²) < 4.78 is 5.39. The van der Waals surface area contributed by atoms with Crippen LogP contribution in [0.4, 0.5) is 5.69 Å². The summed E-state index contributed by atoms with van der Waals surface area (Å²) in [4.78, 5) is 2.40. The summed E-state index contributed by atoms with van der Waals surface area (Å²) in [5, 5.41) is 0.930. The molecule has 1 aromatic carbocycles. The minimum absolute atomic E-state index is 0.399. The first kappa shape index (κ1) is 11.9. The molecule has 1 fully saturated rings. The minimum Gasteiger partial charge on any atom is -0.380 e. The third-order valence-electron chi connectivity index (χ3n) is 3.31. The van der Waals surface area contributed by atoms with E-state index in [0.29, 0.717) is 6.10 Å². The molecule has 0 spiro atoms. The van der Waals surface area contributed by atoms with Gasteiger partial charge in [0.25, 0.3) is 0 Å². The van der Waals surface area contributed by atoms with Gasteiger partial charge in [-0.1, -0.05) is 22.0 Å². The molecule has 0 aromatic heterocycles. The van der Waals surface area contributed by atoms with Gasteiger partial charge >= 0.3 is 0 Å². The zero-order chi connectivity index (χ0) is 11.5. The van der Waals surface area contributed by atoms with Crippen LogP contribution in [0.1, 0.15) is 17.5 Å². The Morgan fingerprint density at radius 2 is 2.31 bits per heavy atom. The molecule has 1 atom stereocenters. The van der Waals surface area contributed by atoms with E-state index in [-0.39, 0.29) is 0 Å². The predicted octanol–water partition coefficient (Wildman–Crippen LogP) is 3.12. The molecule has 1 saturated heterocycles. The van der Waals surface area contributed by atoms with Crippen molar-refractivity contribution in [3.8, 4) is 0 Å². The Balaban J connectivity index is 2.13. The van der Waals surface area contributed by atoms with Gasteiger partial charge in [0.05, 0.1) is 6.10 Å². The van der Waals surface area contributed by atoms with Crippen molar-refractivity contribution in [3.63, 3.8) is 0 Å². The number of aryl methyl sites for hydroxylation is 1. The number of benzene rings is 1. The molecule has 0 saturated carbocycles. The van der Waals surface area contributed by atoms with Crippen molar-refractivity contribution >= 4 is 21.6 Å². The van der Waals surface area contributed by atoms with Crippen LogP contribution in [0.3, 0.4) is 0 Å². The van der Waals surface area contributed by atoms with Gasteiger partial charge in [-0.15, -0.1) is 0 Å². The van der Waals surface area contributed by atoms with Gasteiger partial charge in [-0.2, -0.15) is 0 Å². The third-order valence-corrected chi connectivity index (χ3v) is 3.92. The highest BCUT2D eigenvalue weighted by Gasteiger charge is 2.22. The standard InChI is InChI=1S/C13H18BrNO/c1-10-7-12(4-3-11(10)8-14)15-6-5-13(9-15)16-2/h3-4,7,13H,5-6,8-9H2,1-2H3. The van der Waals surface area contributed by atoms with Crippen LogP contribution in [0.25, 0.3) is 0 Å². The van der Waals surface area contributed by atoms with Gasteiger partial charge in [-0.25, -0.2) is 0 Å². The first-order valence-electron chi connectivity index (χ1n) is 5.68. The van der Waals surface area contributed by atoms with Gasteiger partial charge in [0.2, 0.25) is 0 Å². The van der Waals surface area contributed by atoms with Crippen molar-refractivity contribution < 1.29 is 4.74 Å². The molecule has 0 amide bonds. The number of alkyl halides is 1. The van der Waals surface area contributed by atoms with Crippen LogP contribution in [0.2, 0.25) is 0 Å². The largest absolute Gasteiger partial charge is 0.380 e. The van der Waals surface area contributed by atoms with E-state index in [1.807, 2.05) is 0 Å². The number of hydrogen-bond acceptors (Lipinski definition) is 2. The van der Waals surface area contributed by atoms with Crippen molar-refractivity contribution in [3.05, 3.63) is 29.3 Å². The maximum absolute atomic E-state index is 5.39. The highest BCUT2D eigenvalue weighted by molar-refractivity contribution is 9.08. The Hall–Kier alpha value is -0.540. The number of anilines is 1. The molecule has 0 N–H and O–H groups in total. The Bertz CT molecular complexity index is 367. The van der Waals surface area contributed by atoms with Gasteiger partial charge in [0, 0.05) is 31.2 Å². The molecule has 16 heavy (non-hydrogen) atoms. The molecular formula is C13H18BrNO. The van der Waals surface area contributed by atoms with E-state index in [1.54, 1.807) is 7.11 Å². The van der Waals surface area contributed by atoms with Gasteiger partial charge < -0.3 is 9.64 Å². The number of rotatable bonds is 3. The number of nitrogens with zero attached hydrogens (tertiary/aromatic N) is 1. The van der Waals surface area contributed by atoms with E-state index in [0.717, 1.165) is 24.8 Å². The zero-order valence-electron chi connectivity index (χ0n) is 9.87. The SMILES string of the molecule is COC1CCN(c2ccc(CBr)c(C)c2)C1. The van der Waals surface area contributed by atoms with Crippen molar-refractivity contribution in [2.45, 2.75) is 24.8 Å². The molecule has 88 valence electrons. The molecule has 1 aromatic rings. The molecule has 1 aliphatic rings. The van der Waals surface area contributed by atoms with Gasteiger partial charge in [-0.3, -0.25) is 0 Å². The summed E-state index contributed by atoms with van der Waals surface area (Å²) in [5.41, 5.74) is 4.04. The lowest BCUT2D eigenvalue weighted by atomic mass is 10.1. The predicted molar refractivity (Wildman–Crippen MR) is 71.4 cm³/mol. The Labute approximate surface area is 106 Å². The van der Waals surface area contributed by atoms with Crippen LogP contribution in [-0.2, 0) is 10.1 Å². The van der Waals surface area contributed by atoms with Crippen LogP contribution in [0.15, 0.2) is 18.2 Å². The van der Waals surface area contributed by atoms with Crippen LogP contribution in [0.5, 0.6) is 0 Å². The average molecular weight is 284 g/mol. The van der Waals surface area contributed by atoms with Crippen LogP contribution in [0, 0.1) is 6.92 Å². The van der Waals surface area contributed by atoms with Gasteiger partial charge in [-0.05, 0) is 36.6 Å². The molecule has 0 radical (unpaired) electrons. The van der Waals surface area contributed by atoms with Gasteiger partial charge in [0.15, 0.2) is 0 Å². The maximum Gasteiger partial charge on any atom is 0.0762 e. The average Bonchev–Trinajstić information content (AvgIpc) is 2.77. The first-order valence-corrected chi connectivity index (χ1v) is 6.80. The third kappa shape index (κ3) is 2.41. The molecular weight excluding hydrogens is 266 g/mol. The molecule has 1 unspecified atom stereocenters. The Morgan fingerprint density at radius 1 is 1.50 bits per heavy atom. The monoisotopic (exact) mass is 283 g/mol. The van der Waals surface area contributed by atoms with E-state index in [4.69, 9.17) is 4.74 Å². The lowest BCUT2D eigenvalue weighted by molar-refractivity contribution is 0.121. The normalized spacial score (nSPS) is 20.4. The van der Waals surface area contributed by atoms with E-state index >= 15 is 0 Å². The van der Waals surface area contributed by atoms with Crippen molar-refractivity contribution in [1.29, 1.82) is 0 Å².